The summed E-state index contributed by atoms with van der Waals surface area (Å²) in [6.07, 6.45) is 10.8. The van der Waals surface area contributed by atoms with Gasteiger partial charge in [0.15, 0.2) is 0 Å². The van der Waals surface area contributed by atoms with Crippen molar-refractivity contribution in [2.75, 3.05) is 7.05 Å². The number of hydrazine groups is 1. The molecule has 0 aromatic heterocycles. The highest BCUT2D eigenvalue weighted by Gasteiger charge is 2.53. The second kappa shape index (κ2) is 8.72. The second-order valence-corrected chi connectivity index (χ2v) is 9.90. The van der Waals surface area contributed by atoms with E-state index in [1.54, 1.807) is 7.05 Å². The molecule has 2 bridgehead atoms. The molecule has 4 unspecified atom stereocenters. The highest BCUT2D eigenvalue weighted by Crippen LogP contribution is 2.63. The third kappa shape index (κ3) is 5.77. The van der Waals surface area contributed by atoms with Gasteiger partial charge in [-0.2, -0.15) is 0 Å². The van der Waals surface area contributed by atoms with E-state index in [0.717, 1.165) is 57.7 Å². The summed E-state index contributed by atoms with van der Waals surface area (Å²) in [5, 5.41) is 2.73. The van der Waals surface area contributed by atoms with E-state index < -0.39 is 0 Å². The van der Waals surface area contributed by atoms with Crippen molar-refractivity contribution in [3.8, 4) is 0 Å². The van der Waals surface area contributed by atoms with Crippen molar-refractivity contribution in [1.29, 1.82) is 0 Å². The number of carbonyl (C=O) groups is 3. The van der Waals surface area contributed by atoms with Gasteiger partial charge in [-0.05, 0) is 73.5 Å². The van der Waals surface area contributed by atoms with Crippen LogP contribution in [-0.2, 0) is 14.4 Å². The Kier molecular flexibility index (Phi) is 7.06. The van der Waals surface area contributed by atoms with Crippen molar-refractivity contribution in [2.24, 2.45) is 28.0 Å². The van der Waals surface area contributed by atoms with Crippen LogP contribution in [0.1, 0.15) is 84.5 Å². The van der Waals surface area contributed by atoms with Crippen LogP contribution < -0.4 is 16.6 Å². The molecule has 2 saturated carbocycles. The van der Waals surface area contributed by atoms with Gasteiger partial charge in [0, 0.05) is 26.3 Å². The van der Waals surface area contributed by atoms with E-state index in [9.17, 15) is 14.4 Å². The molecule has 0 aliphatic heterocycles. The molecule has 4 N–H and O–H groups in total. The van der Waals surface area contributed by atoms with Gasteiger partial charge in [0.05, 0.1) is 0 Å². The molecule has 2 fully saturated rings. The Bertz CT molecular complexity index is 565. The Hall–Kier alpha value is -1.43. The molecule has 0 aromatic carbocycles. The summed E-state index contributed by atoms with van der Waals surface area (Å²) in [7, 11) is 1.69. The van der Waals surface area contributed by atoms with Gasteiger partial charge in [-0.15, -0.1) is 0 Å². The maximum atomic E-state index is 11.8. The van der Waals surface area contributed by atoms with Crippen molar-refractivity contribution in [3.63, 3.8) is 0 Å². The Morgan fingerprint density at radius 2 is 1.59 bits per heavy atom. The molecule has 2 rings (SSSR count). The summed E-state index contributed by atoms with van der Waals surface area (Å²) in [6, 6.07) is 0. The van der Waals surface area contributed by atoms with Gasteiger partial charge in [-0.25, -0.2) is 5.84 Å². The Labute approximate surface area is 163 Å². The first kappa shape index (κ1) is 21.9. The van der Waals surface area contributed by atoms with Crippen LogP contribution in [0.2, 0.25) is 0 Å². The third-order valence-electron chi connectivity index (χ3n) is 7.03. The lowest BCUT2D eigenvalue weighted by atomic mass is 9.47. The molecule has 0 heterocycles. The number of carbonyl (C=O) groups excluding carboxylic acids is 3. The molecule has 0 radical (unpaired) electrons. The molecule has 6 nitrogen and oxygen atoms in total. The van der Waals surface area contributed by atoms with Crippen molar-refractivity contribution in [1.82, 2.24) is 10.7 Å². The summed E-state index contributed by atoms with van der Waals surface area (Å²) in [6.45, 7) is 4.63. The topological polar surface area (TPSA) is 101 Å². The highest BCUT2D eigenvalue weighted by atomic mass is 16.2. The van der Waals surface area contributed by atoms with Gasteiger partial charge in [-0.1, -0.05) is 13.8 Å². The molecule has 0 aromatic rings. The fourth-order valence-corrected chi connectivity index (χ4v) is 6.44. The van der Waals surface area contributed by atoms with Crippen LogP contribution >= 0.6 is 0 Å². The Balaban J connectivity index is 2.19. The smallest absolute Gasteiger partial charge is 0.233 e. The maximum absolute atomic E-state index is 11.8. The first-order valence-electron chi connectivity index (χ1n) is 10.3. The minimum Gasteiger partial charge on any atom is -0.359 e. The standard InChI is InChI=1S/C21H37N3O3/c1-19(7-4-10-25)11-16-12-20(2,8-5-17(26)23-3)15-21(13-16,14-19)9-6-18(27)24-22/h10,16H,4-9,11-15,22H2,1-3H3,(H,23,26)(H,24,27). The molecule has 154 valence electrons. The number of fused-ring (bicyclic) bond motifs is 2. The largest absolute Gasteiger partial charge is 0.359 e. The van der Waals surface area contributed by atoms with Crippen molar-refractivity contribution < 1.29 is 14.4 Å². The minimum atomic E-state index is -0.112. The molecular weight excluding hydrogens is 342 g/mol. The van der Waals surface area contributed by atoms with E-state index >= 15 is 0 Å². The molecule has 4 atom stereocenters. The first-order chi connectivity index (χ1) is 12.7. The average molecular weight is 380 g/mol. The van der Waals surface area contributed by atoms with Crippen molar-refractivity contribution >= 4 is 18.1 Å². The fraction of sp³-hybridized carbons (Fsp3) is 0.857. The summed E-state index contributed by atoms with van der Waals surface area (Å²) in [5.74, 6) is 5.88. The second-order valence-electron chi connectivity index (χ2n) is 9.90. The van der Waals surface area contributed by atoms with Crippen LogP contribution in [0.3, 0.4) is 0 Å². The summed E-state index contributed by atoms with van der Waals surface area (Å²) in [4.78, 5) is 34.6. The van der Waals surface area contributed by atoms with Gasteiger partial charge < -0.3 is 10.1 Å². The summed E-state index contributed by atoms with van der Waals surface area (Å²) < 4.78 is 0. The van der Waals surface area contributed by atoms with Crippen molar-refractivity contribution in [3.05, 3.63) is 0 Å². The number of hydrogen-bond donors (Lipinski definition) is 3. The van der Waals surface area contributed by atoms with E-state index in [-0.39, 0.29) is 28.1 Å². The monoisotopic (exact) mass is 379 g/mol. The van der Waals surface area contributed by atoms with E-state index in [2.05, 4.69) is 24.6 Å². The number of nitrogens with one attached hydrogen (secondary N) is 2. The van der Waals surface area contributed by atoms with Crippen LogP contribution in [0.5, 0.6) is 0 Å². The van der Waals surface area contributed by atoms with Gasteiger partial charge in [-0.3, -0.25) is 15.0 Å². The van der Waals surface area contributed by atoms with Gasteiger partial charge in [0.25, 0.3) is 0 Å². The number of hydrogen-bond acceptors (Lipinski definition) is 4. The van der Waals surface area contributed by atoms with Gasteiger partial charge in [0.1, 0.15) is 6.29 Å². The normalized spacial score (nSPS) is 35.3. The zero-order valence-corrected chi connectivity index (χ0v) is 17.2. The predicted molar refractivity (Wildman–Crippen MR) is 105 cm³/mol. The zero-order chi connectivity index (χ0) is 20.1. The van der Waals surface area contributed by atoms with E-state index in [0.29, 0.717) is 25.2 Å². The van der Waals surface area contributed by atoms with Crippen molar-refractivity contribution in [2.45, 2.75) is 84.5 Å². The quantitative estimate of drug-likeness (QED) is 0.248. The molecule has 0 spiro atoms. The lowest BCUT2D eigenvalue weighted by Crippen LogP contribution is -2.48. The number of rotatable bonds is 9. The van der Waals surface area contributed by atoms with Crippen LogP contribution in [0, 0.1) is 22.2 Å². The molecule has 0 saturated heterocycles. The molecular formula is C21H37N3O3. The Morgan fingerprint density at radius 3 is 2.15 bits per heavy atom. The highest BCUT2D eigenvalue weighted by molar-refractivity contribution is 5.75. The van der Waals surface area contributed by atoms with Crippen LogP contribution in [0.15, 0.2) is 0 Å². The summed E-state index contributed by atoms with van der Waals surface area (Å²) >= 11 is 0. The third-order valence-corrected chi connectivity index (χ3v) is 7.03. The number of aldehydes is 1. The fourth-order valence-electron chi connectivity index (χ4n) is 6.44. The van der Waals surface area contributed by atoms with Crippen LogP contribution in [-0.4, -0.2) is 25.1 Å². The molecule has 6 heteroatoms. The van der Waals surface area contributed by atoms with E-state index in [1.165, 1.54) is 0 Å². The van der Waals surface area contributed by atoms with E-state index in [4.69, 9.17) is 5.84 Å². The number of nitrogens with two attached hydrogens (primary N) is 1. The SMILES string of the molecule is CNC(=O)CCC1(C)CC2CC(C)(CCC=O)CC(CCC(=O)NN)(C2)C1. The molecule has 2 aliphatic rings. The average Bonchev–Trinajstić information content (AvgIpc) is 2.61. The van der Waals surface area contributed by atoms with Crippen LogP contribution in [0.4, 0.5) is 0 Å². The van der Waals surface area contributed by atoms with Gasteiger partial charge >= 0.3 is 0 Å². The summed E-state index contributed by atoms with van der Waals surface area (Å²) in [5.41, 5.74) is 2.64. The molecule has 27 heavy (non-hydrogen) atoms. The predicted octanol–water partition coefficient (Wildman–Crippen LogP) is 2.85. The van der Waals surface area contributed by atoms with Crippen LogP contribution in [0.25, 0.3) is 0 Å². The maximum Gasteiger partial charge on any atom is 0.233 e. The minimum absolute atomic E-state index is 0.0966. The molecule has 2 amide bonds. The van der Waals surface area contributed by atoms with E-state index in [1.807, 2.05) is 0 Å². The lowest BCUT2D eigenvalue weighted by Gasteiger charge is -2.58. The Morgan fingerprint density at radius 1 is 1.00 bits per heavy atom. The number of amides is 2. The van der Waals surface area contributed by atoms with Gasteiger partial charge in [0.2, 0.25) is 11.8 Å². The lowest BCUT2D eigenvalue weighted by molar-refractivity contribution is -0.124. The zero-order valence-electron chi connectivity index (χ0n) is 17.2. The first-order valence-corrected chi connectivity index (χ1v) is 10.3. The molecule has 2 aliphatic carbocycles.